The van der Waals surface area contributed by atoms with E-state index in [0.29, 0.717) is 0 Å². The highest BCUT2D eigenvalue weighted by Crippen LogP contribution is 2.12. The molecule has 1 rings (SSSR count). The predicted octanol–water partition coefficient (Wildman–Crippen LogP) is 1.94. The van der Waals surface area contributed by atoms with E-state index < -0.39 is 11.9 Å². The van der Waals surface area contributed by atoms with E-state index in [0.717, 1.165) is 0 Å². The second-order valence-corrected chi connectivity index (χ2v) is 2.73. The van der Waals surface area contributed by atoms with Crippen LogP contribution in [0.5, 0.6) is 0 Å². The van der Waals surface area contributed by atoms with Crippen LogP contribution in [0.2, 0.25) is 0 Å². The van der Waals surface area contributed by atoms with Crippen molar-refractivity contribution in [3.05, 3.63) is 35.4 Å². The van der Waals surface area contributed by atoms with Gasteiger partial charge in [-0.1, -0.05) is 12.1 Å². The van der Waals surface area contributed by atoms with Crippen molar-refractivity contribution in [3.63, 3.8) is 0 Å². The second kappa shape index (κ2) is 4.76. The molecule has 1 aromatic carbocycles. The van der Waals surface area contributed by atoms with Crippen LogP contribution in [0.1, 0.15) is 20.7 Å². The lowest BCUT2D eigenvalue weighted by molar-refractivity contribution is 0.0591. The Hall–Kier alpha value is -1.36. The molecular weight excluding hydrogens is 252 g/mol. The minimum atomic E-state index is -0.633. The maximum Gasteiger partial charge on any atom is 0.350 e. The summed E-state index contributed by atoms with van der Waals surface area (Å²) in [5, 5.41) is 0. The van der Waals surface area contributed by atoms with Crippen molar-refractivity contribution in [2.45, 2.75) is 0 Å². The van der Waals surface area contributed by atoms with Gasteiger partial charge in [0.05, 0.1) is 18.2 Å². The summed E-state index contributed by atoms with van der Waals surface area (Å²) >= 11 is 2.56. The number of carbonyl (C=O) groups excluding carboxylic acids is 2. The maximum absolute atomic E-state index is 11.2. The number of benzene rings is 1. The lowest BCUT2D eigenvalue weighted by atomic mass is 10.1. The van der Waals surface area contributed by atoms with Crippen LogP contribution >= 0.6 is 16.3 Å². The molecule has 5 heteroatoms. The zero-order chi connectivity index (χ0) is 10.6. The van der Waals surface area contributed by atoms with Gasteiger partial charge in [-0.2, -0.15) is 0 Å². The Labute approximate surface area is 89.3 Å². The molecule has 4 nitrogen and oxygen atoms in total. The molecule has 74 valence electrons. The highest BCUT2D eigenvalue weighted by molar-refractivity contribution is 9.06. The Morgan fingerprint density at radius 2 is 1.64 bits per heavy atom. The quantitative estimate of drug-likeness (QED) is 0.761. The van der Waals surface area contributed by atoms with E-state index in [1.165, 1.54) is 19.2 Å². The Morgan fingerprint density at radius 1 is 1.14 bits per heavy atom. The molecule has 0 spiro atoms. The molecule has 0 aliphatic rings. The number of halogens is 1. The summed E-state index contributed by atoms with van der Waals surface area (Å²) in [4.78, 5) is 22.4. The van der Waals surface area contributed by atoms with Gasteiger partial charge in [0.25, 0.3) is 0 Å². The third-order valence-electron chi connectivity index (χ3n) is 1.62. The van der Waals surface area contributed by atoms with E-state index in [1.807, 2.05) is 0 Å². The molecule has 0 amide bonds. The molecule has 0 N–H and O–H groups in total. The second-order valence-electron chi connectivity index (χ2n) is 2.40. The van der Waals surface area contributed by atoms with Gasteiger partial charge < -0.3 is 8.57 Å². The maximum atomic E-state index is 11.2. The van der Waals surface area contributed by atoms with Crippen LogP contribution in [0, 0.1) is 0 Å². The minimum Gasteiger partial charge on any atom is -0.465 e. The fourth-order valence-electron chi connectivity index (χ4n) is 0.991. The monoisotopic (exact) mass is 258 g/mol. The van der Waals surface area contributed by atoms with Crippen molar-refractivity contribution in [3.8, 4) is 0 Å². The highest BCUT2D eigenvalue weighted by Gasteiger charge is 2.17. The summed E-state index contributed by atoms with van der Waals surface area (Å²) in [5.41, 5.74) is 0.343. The molecule has 0 aliphatic carbocycles. The van der Waals surface area contributed by atoms with Gasteiger partial charge in [0.1, 0.15) is 0 Å². The third-order valence-corrected chi connectivity index (χ3v) is 1.92. The van der Waals surface area contributed by atoms with Crippen molar-refractivity contribution in [1.29, 1.82) is 0 Å². The van der Waals surface area contributed by atoms with E-state index >= 15 is 0 Å². The molecule has 0 saturated heterocycles. The molecule has 0 aromatic heterocycles. The molecule has 0 fully saturated rings. The molecule has 0 radical (unpaired) electrons. The number of methoxy groups -OCH3 is 1. The summed E-state index contributed by atoms with van der Waals surface area (Å²) < 4.78 is 8.85. The molecular formula is C9H7BrO4. The summed E-state index contributed by atoms with van der Waals surface area (Å²) in [6.45, 7) is 0. The van der Waals surface area contributed by atoms with Gasteiger partial charge in [-0.3, -0.25) is 0 Å². The first-order chi connectivity index (χ1) is 6.70. The first-order valence-electron chi connectivity index (χ1n) is 3.71. The van der Waals surface area contributed by atoms with E-state index in [9.17, 15) is 9.59 Å². The normalized spacial score (nSPS) is 9.29. The minimum absolute atomic E-state index is 0.163. The van der Waals surface area contributed by atoms with Crippen LogP contribution < -0.4 is 0 Å². The number of carbonyl (C=O) groups is 2. The first kappa shape index (κ1) is 10.7. The van der Waals surface area contributed by atoms with Crippen LogP contribution in [0.15, 0.2) is 24.3 Å². The largest absolute Gasteiger partial charge is 0.465 e. The number of esters is 1. The third kappa shape index (κ3) is 2.11. The topological polar surface area (TPSA) is 52.6 Å². The van der Waals surface area contributed by atoms with Crippen molar-refractivity contribution in [2.24, 2.45) is 0 Å². The lowest BCUT2D eigenvalue weighted by Crippen LogP contribution is -2.09. The van der Waals surface area contributed by atoms with E-state index in [4.69, 9.17) is 0 Å². The van der Waals surface area contributed by atoms with Crippen molar-refractivity contribution in [1.82, 2.24) is 0 Å². The summed E-state index contributed by atoms with van der Waals surface area (Å²) in [6, 6.07) is 6.24. The highest BCUT2D eigenvalue weighted by atomic mass is 79.9. The lowest BCUT2D eigenvalue weighted by Gasteiger charge is -2.03. The molecule has 1 aromatic rings. The smallest absolute Gasteiger partial charge is 0.350 e. The Kier molecular flexibility index (Phi) is 3.64. The Morgan fingerprint density at radius 3 is 2.07 bits per heavy atom. The van der Waals surface area contributed by atoms with E-state index in [1.54, 1.807) is 12.1 Å². The van der Waals surface area contributed by atoms with E-state index in [-0.39, 0.29) is 11.1 Å². The van der Waals surface area contributed by atoms with Gasteiger partial charge in [-0.15, -0.1) is 0 Å². The number of ether oxygens (including phenoxy) is 1. The molecule has 14 heavy (non-hydrogen) atoms. The summed E-state index contributed by atoms with van der Waals surface area (Å²) in [5.74, 6) is -1.20. The average Bonchev–Trinajstić information content (AvgIpc) is 2.27. The van der Waals surface area contributed by atoms with E-state index in [2.05, 4.69) is 24.8 Å². The standard InChI is InChI=1S/C9H7BrO4/c1-13-8(11)6-4-2-3-5-7(6)9(12)14-10/h2-5H,1H3. The zero-order valence-electron chi connectivity index (χ0n) is 7.32. The number of hydrogen-bond acceptors (Lipinski definition) is 4. The molecule has 0 unspecified atom stereocenters. The molecule has 0 saturated carbocycles. The van der Waals surface area contributed by atoms with Crippen molar-refractivity contribution < 1.29 is 18.2 Å². The van der Waals surface area contributed by atoms with Gasteiger partial charge in [-0.05, 0) is 12.1 Å². The van der Waals surface area contributed by atoms with Gasteiger partial charge in [0, 0.05) is 0 Å². The fraction of sp³-hybridized carbons (Fsp3) is 0.111. The predicted molar refractivity (Wildman–Crippen MR) is 52.1 cm³/mol. The Balaban J connectivity index is 3.15. The van der Waals surface area contributed by atoms with Gasteiger partial charge in [0.2, 0.25) is 0 Å². The molecule has 0 heterocycles. The SMILES string of the molecule is COC(=O)c1ccccc1C(=O)OBr. The fourth-order valence-corrected chi connectivity index (χ4v) is 1.17. The van der Waals surface area contributed by atoms with Crippen molar-refractivity contribution in [2.75, 3.05) is 7.11 Å². The van der Waals surface area contributed by atoms with Crippen LogP contribution in [0.4, 0.5) is 0 Å². The molecule has 0 bridgehead atoms. The van der Waals surface area contributed by atoms with Gasteiger partial charge in [-0.25, -0.2) is 9.59 Å². The number of hydrogen-bond donors (Lipinski definition) is 0. The van der Waals surface area contributed by atoms with Crippen LogP contribution in [0.25, 0.3) is 0 Å². The van der Waals surface area contributed by atoms with Crippen LogP contribution in [-0.2, 0) is 8.57 Å². The van der Waals surface area contributed by atoms with Crippen LogP contribution in [-0.4, -0.2) is 19.0 Å². The zero-order valence-corrected chi connectivity index (χ0v) is 8.91. The number of rotatable bonds is 2. The first-order valence-corrected chi connectivity index (χ1v) is 4.35. The average molecular weight is 259 g/mol. The molecule has 0 atom stereocenters. The Bertz CT molecular complexity index is 327. The molecule has 0 aliphatic heterocycles. The van der Waals surface area contributed by atoms with Gasteiger partial charge >= 0.3 is 11.9 Å². The summed E-state index contributed by atoms with van der Waals surface area (Å²) in [7, 11) is 1.25. The summed E-state index contributed by atoms with van der Waals surface area (Å²) in [6.07, 6.45) is 0. The van der Waals surface area contributed by atoms with Crippen LogP contribution in [0.3, 0.4) is 0 Å². The van der Waals surface area contributed by atoms with Crippen molar-refractivity contribution >= 4 is 28.2 Å². The van der Waals surface area contributed by atoms with Gasteiger partial charge in [0.15, 0.2) is 16.3 Å².